The van der Waals surface area contributed by atoms with Crippen LogP contribution in [0, 0.1) is 5.92 Å². The summed E-state index contributed by atoms with van der Waals surface area (Å²) in [5.41, 5.74) is 0. The van der Waals surface area contributed by atoms with Crippen LogP contribution >= 0.6 is 0 Å². The first kappa shape index (κ1) is 12.9. The summed E-state index contributed by atoms with van der Waals surface area (Å²) in [4.78, 5) is 0. The van der Waals surface area contributed by atoms with Gasteiger partial charge in [0.15, 0.2) is 0 Å². The molecule has 0 amide bonds. The summed E-state index contributed by atoms with van der Waals surface area (Å²) in [5.74, 6) is 6.40. The van der Waals surface area contributed by atoms with Gasteiger partial charge in [0.1, 0.15) is 0 Å². The SMILES string of the molecule is CCCCC(CO)N(N)CC(C)C. The second-order valence-electron chi connectivity index (χ2n) is 4.07. The Morgan fingerprint density at radius 2 is 2.00 bits per heavy atom. The number of aliphatic hydroxyl groups is 1. The van der Waals surface area contributed by atoms with Crippen LogP contribution in [0.2, 0.25) is 0 Å². The van der Waals surface area contributed by atoms with Crippen LogP contribution in [0.15, 0.2) is 0 Å². The van der Waals surface area contributed by atoms with Crippen LogP contribution in [0.3, 0.4) is 0 Å². The van der Waals surface area contributed by atoms with Crippen LogP contribution in [-0.4, -0.2) is 29.3 Å². The van der Waals surface area contributed by atoms with Gasteiger partial charge in [-0.25, -0.2) is 5.01 Å². The minimum absolute atomic E-state index is 0.141. The smallest absolute Gasteiger partial charge is 0.0600 e. The first-order valence-electron chi connectivity index (χ1n) is 5.24. The normalized spacial score (nSPS) is 14.1. The summed E-state index contributed by atoms with van der Waals surface area (Å²) in [6, 6.07) is 0.141. The fourth-order valence-corrected chi connectivity index (χ4v) is 1.37. The van der Waals surface area contributed by atoms with E-state index in [2.05, 4.69) is 20.8 Å². The Labute approximate surface area is 81.9 Å². The Morgan fingerprint density at radius 1 is 1.38 bits per heavy atom. The molecule has 0 heterocycles. The van der Waals surface area contributed by atoms with Crippen molar-refractivity contribution in [2.45, 2.75) is 46.1 Å². The van der Waals surface area contributed by atoms with Crippen LogP contribution in [0.1, 0.15) is 40.0 Å². The predicted octanol–water partition coefficient (Wildman–Crippen LogP) is 1.37. The highest BCUT2D eigenvalue weighted by Gasteiger charge is 2.14. The molecule has 13 heavy (non-hydrogen) atoms. The van der Waals surface area contributed by atoms with Gasteiger partial charge in [-0.3, -0.25) is 5.84 Å². The van der Waals surface area contributed by atoms with E-state index in [0.29, 0.717) is 5.92 Å². The lowest BCUT2D eigenvalue weighted by molar-refractivity contribution is 0.104. The van der Waals surface area contributed by atoms with Crippen molar-refractivity contribution in [1.82, 2.24) is 5.01 Å². The third kappa shape index (κ3) is 6.02. The van der Waals surface area contributed by atoms with E-state index in [-0.39, 0.29) is 12.6 Å². The molecule has 3 N–H and O–H groups in total. The molecule has 0 bridgehead atoms. The number of hydrogen-bond donors (Lipinski definition) is 2. The van der Waals surface area contributed by atoms with Gasteiger partial charge in [0.25, 0.3) is 0 Å². The average molecular weight is 188 g/mol. The molecule has 0 radical (unpaired) electrons. The molecule has 1 unspecified atom stereocenters. The highest BCUT2D eigenvalue weighted by molar-refractivity contribution is 4.66. The van der Waals surface area contributed by atoms with Crippen molar-refractivity contribution < 1.29 is 5.11 Å². The average Bonchev–Trinajstić information content (AvgIpc) is 2.04. The summed E-state index contributed by atoms with van der Waals surface area (Å²) in [7, 11) is 0. The third-order valence-electron chi connectivity index (χ3n) is 2.15. The zero-order chi connectivity index (χ0) is 10.3. The predicted molar refractivity (Wildman–Crippen MR) is 56.1 cm³/mol. The monoisotopic (exact) mass is 188 g/mol. The van der Waals surface area contributed by atoms with Crippen LogP contribution in [0.25, 0.3) is 0 Å². The first-order valence-corrected chi connectivity index (χ1v) is 5.24. The van der Waals surface area contributed by atoms with Crippen molar-refractivity contribution in [1.29, 1.82) is 0 Å². The zero-order valence-electron chi connectivity index (χ0n) is 9.16. The lowest BCUT2D eigenvalue weighted by atomic mass is 10.1. The zero-order valence-corrected chi connectivity index (χ0v) is 9.16. The number of hydrazine groups is 1. The fourth-order valence-electron chi connectivity index (χ4n) is 1.37. The molecule has 0 fully saturated rings. The minimum atomic E-state index is 0.141. The van der Waals surface area contributed by atoms with E-state index in [1.165, 1.54) is 0 Å². The summed E-state index contributed by atoms with van der Waals surface area (Å²) >= 11 is 0. The van der Waals surface area contributed by atoms with Crippen LogP contribution in [-0.2, 0) is 0 Å². The van der Waals surface area contributed by atoms with Gasteiger partial charge in [-0.1, -0.05) is 33.6 Å². The van der Waals surface area contributed by atoms with E-state index >= 15 is 0 Å². The molecule has 0 aliphatic carbocycles. The highest BCUT2D eigenvalue weighted by atomic mass is 16.3. The molecule has 0 aliphatic rings. The van der Waals surface area contributed by atoms with Gasteiger partial charge in [-0.05, 0) is 12.3 Å². The maximum Gasteiger partial charge on any atom is 0.0600 e. The van der Waals surface area contributed by atoms with Crippen molar-refractivity contribution in [2.75, 3.05) is 13.2 Å². The maximum absolute atomic E-state index is 9.11. The molecule has 0 aromatic heterocycles. The van der Waals surface area contributed by atoms with Gasteiger partial charge >= 0.3 is 0 Å². The Hall–Kier alpha value is -0.120. The number of aliphatic hydroxyl groups excluding tert-OH is 1. The molecule has 0 rings (SSSR count). The molecule has 80 valence electrons. The number of nitrogens with two attached hydrogens (primary N) is 1. The summed E-state index contributed by atoms with van der Waals surface area (Å²) in [6.07, 6.45) is 3.29. The van der Waals surface area contributed by atoms with E-state index in [0.717, 1.165) is 25.8 Å². The summed E-state index contributed by atoms with van der Waals surface area (Å²) in [6.45, 7) is 7.44. The van der Waals surface area contributed by atoms with E-state index < -0.39 is 0 Å². The summed E-state index contributed by atoms with van der Waals surface area (Å²) in [5, 5.41) is 10.9. The fraction of sp³-hybridized carbons (Fsp3) is 1.00. The van der Waals surface area contributed by atoms with Crippen molar-refractivity contribution in [3.8, 4) is 0 Å². The molecule has 1 atom stereocenters. The van der Waals surface area contributed by atoms with Gasteiger partial charge in [0, 0.05) is 12.6 Å². The van der Waals surface area contributed by atoms with Gasteiger partial charge in [-0.2, -0.15) is 0 Å². The van der Waals surface area contributed by atoms with E-state index in [1.54, 1.807) is 5.01 Å². The maximum atomic E-state index is 9.11. The number of hydrogen-bond acceptors (Lipinski definition) is 3. The molecule has 0 spiro atoms. The Morgan fingerprint density at radius 3 is 2.38 bits per heavy atom. The molecule has 0 saturated carbocycles. The second-order valence-corrected chi connectivity index (χ2v) is 4.07. The van der Waals surface area contributed by atoms with E-state index in [4.69, 9.17) is 10.9 Å². The molecule has 3 heteroatoms. The highest BCUT2D eigenvalue weighted by Crippen LogP contribution is 2.07. The molecular weight excluding hydrogens is 164 g/mol. The molecule has 0 aliphatic heterocycles. The molecular formula is C10H24N2O. The van der Waals surface area contributed by atoms with Gasteiger partial charge in [0.2, 0.25) is 0 Å². The summed E-state index contributed by atoms with van der Waals surface area (Å²) < 4.78 is 0. The lowest BCUT2D eigenvalue weighted by Crippen LogP contribution is -2.45. The van der Waals surface area contributed by atoms with Gasteiger partial charge < -0.3 is 5.11 Å². The van der Waals surface area contributed by atoms with Crippen LogP contribution in [0.4, 0.5) is 0 Å². The van der Waals surface area contributed by atoms with E-state index in [1.807, 2.05) is 0 Å². The first-order chi connectivity index (χ1) is 6.11. The standard InChI is InChI=1S/C10H24N2O/c1-4-5-6-10(8-13)12(11)7-9(2)3/h9-10,13H,4-8,11H2,1-3H3. The molecule has 3 nitrogen and oxygen atoms in total. The number of unbranched alkanes of at least 4 members (excludes halogenated alkanes) is 1. The molecule has 0 aromatic carbocycles. The van der Waals surface area contributed by atoms with Gasteiger partial charge in [0.05, 0.1) is 6.61 Å². The Balaban J connectivity index is 3.77. The van der Waals surface area contributed by atoms with Crippen molar-refractivity contribution >= 4 is 0 Å². The lowest BCUT2D eigenvalue weighted by Gasteiger charge is -2.27. The van der Waals surface area contributed by atoms with Crippen LogP contribution < -0.4 is 5.84 Å². The third-order valence-corrected chi connectivity index (χ3v) is 2.15. The van der Waals surface area contributed by atoms with Crippen molar-refractivity contribution in [3.63, 3.8) is 0 Å². The van der Waals surface area contributed by atoms with E-state index in [9.17, 15) is 0 Å². The van der Waals surface area contributed by atoms with Crippen molar-refractivity contribution in [3.05, 3.63) is 0 Å². The largest absolute Gasteiger partial charge is 0.395 e. The number of rotatable bonds is 7. The number of nitrogens with zero attached hydrogens (tertiary/aromatic N) is 1. The Kier molecular flexibility index (Phi) is 7.23. The quantitative estimate of drug-likeness (QED) is 0.468. The molecule has 0 aromatic rings. The van der Waals surface area contributed by atoms with Crippen molar-refractivity contribution in [2.24, 2.45) is 11.8 Å². The second kappa shape index (κ2) is 7.30. The molecule has 0 saturated heterocycles. The van der Waals surface area contributed by atoms with Crippen LogP contribution in [0.5, 0.6) is 0 Å². The minimum Gasteiger partial charge on any atom is -0.395 e. The van der Waals surface area contributed by atoms with Gasteiger partial charge in [-0.15, -0.1) is 0 Å². The Bertz CT molecular complexity index is 117. The topological polar surface area (TPSA) is 49.5 Å².